The second kappa shape index (κ2) is 6.26. The minimum Gasteiger partial charge on any atom is -0.493 e. The van der Waals surface area contributed by atoms with E-state index in [0.717, 1.165) is 30.1 Å². The maximum Gasteiger partial charge on any atom is 0.416 e. The number of alkyl halides is 3. The fraction of sp³-hybridized carbons (Fsp3) is 0.214. The van der Waals surface area contributed by atoms with E-state index in [1.54, 1.807) is 18.2 Å². The van der Waals surface area contributed by atoms with Gasteiger partial charge in [-0.05, 0) is 30.3 Å². The van der Waals surface area contributed by atoms with E-state index in [0.29, 0.717) is 16.4 Å². The van der Waals surface area contributed by atoms with Gasteiger partial charge in [0.15, 0.2) is 11.5 Å². The first-order chi connectivity index (χ1) is 9.94. The maximum atomic E-state index is 12.7. The monoisotopic (exact) mass is 315 g/mol. The van der Waals surface area contributed by atoms with Crippen LogP contribution in [-0.2, 0) is 6.18 Å². The SMILES string of the molecule is COc1ccc(Sc2cc(C(F)(F)F)ccn2)cc1OC. The van der Waals surface area contributed by atoms with E-state index >= 15 is 0 Å². The Morgan fingerprint density at radius 3 is 2.33 bits per heavy atom. The van der Waals surface area contributed by atoms with Gasteiger partial charge in [0, 0.05) is 11.1 Å². The Bertz CT molecular complexity index is 632. The Hall–Kier alpha value is -1.89. The Labute approximate surface area is 124 Å². The zero-order valence-electron chi connectivity index (χ0n) is 11.3. The lowest BCUT2D eigenvalue weighted by atomic mass is 10.3. The van der Waals surface area contributed by atoms with Gasteiger partial charge in [-0.25, -0.2) is 4.98 Å². The van der Waals surface area contributed by atoms with E-state index in [4.69, 9.17) is 9.47 Å². The lowest BCUT2D eigenvalue weighted by molar-refractivity contribution is -0.137. The number of rotatable bonds is 4. The number of pyridine rings is 1. The van der Waals surface area contributed by atoms with E-state index in [1.165, 1.54) is 14.2 Å². The van der Waals surface area contributed by atoms with Crippen LogP contribution in [0.4, 0.5) is 13.2 Å². The van der Waals surface area contributed by atoms with Crippen LogP contribution < -0.4 is 9.47 Å². The van der Waals surface area contributed by atoms with Crippen LogP contribution in [0, 0.1) is 0 Å². The van der Waals surface area contributed by atoms with Gasteiger partial charge in [0.2, 0.25) is 0 Å². The molecule has 2 aromatic rings. The van der Waals surface area contributed by atoms with E-state index in [-0.39, 0.29) is 5.03 Å². The summed E-state index contributed by atoms with van der Waals surface area (Å²) in [6.45, 7) is 0. The molecule has 1 aromatic carbocycles. The predicted molar refractivity (Wildman–Crippen MR) is 72.9 cm³/mol. The van der Waals surface area contributed by atoms with Crippen LogP contribution in [0.15, 0.2) is 46.5 Å². The first-order valence-corrected chi connectivity index (χ1v) is 6.69. The molecule has 0 aliphatic rings. The van der Waals surface area contributed by atoms with Crippen molar-refractivity contribution in [2.45, 2.75) is 16.1 Å². The number of halogens is 3. The summed E-state index contributed by atoms with van der Waals surface area (Å²) in [5.74, 6) is 1.06. The zero-order valence-corrected chi connectivity index (χ0v) is 12.1. The molecule has 0 saturated carbocycles. The average molecular weight is 315 g/mol. The van der Waals surface area contributed by atoms with Crippen molar-refractivity contribution in [2.24, 2.45) is 0 Å². The molecule has 0 aliphatic carbocycles. The topological polar surface area (TPSA) is 31.4 Å². The summed E-state index contributed by atoms with van der Waals surface area (Å²) >= 11 is 1.12. The van der Waals surface area contributed by atoms with Crippen LogP contribution >= 0.6 is 11.8 Å². The molecule has 3 nitrogen and oxygen atoms in total. The Morgan fingerprint density at radius 2 is 1.71 bits per heavy atom. The van der Waals surface area contributed by atoms with Gasteiger partial charge >= 0.3 is 6.18 Å². The molecule has 0 N–H and O–H groups in total. The highest BCUT2D eigenvalue weighted by atomic mass is 32.2. The molecule has 0 spiro atoms. The third-order valence-electron chi connectivity index (χ3n) is 2.64. The Morgan fingerprint density at radius 1 is 1.00 bits per heavy atom. The highest BCUT2D eigenvalue weighted by Gasteiger charge is 2.30. The highest BCUT2D eigenvalue weighted by molar-refractivity contribution is 7.99. The van der Waals surface area contributed by atoms with Gasteiger partial charge in [-0.2, -0.15) is 13.2 Å². The van der Waals surface area contributed by atoms with Crippen LogP contribution in [-0.4, -0.2) is 19.2 Å². The number of hydrogen-bond acceptors (Lipinski definition) is 4. The third kappa shape index (κ3) is 3.81. The number of benzene rings is 1. The largest absolute Gasteiger partial charge is 0.493 e. The molecule has 0 fully saturated rings. The summed E-state index contributed by atoms with van der Waals surface area (Å²) in [6.07, 6.45) is -3.23. The highest BCUT2D eigenvalue weighted by Crippen LogP contribution is 2.36. The molecule has 112 valence electrons. The first kappa shape index (κ1) is 15.5. The fourth-order valence-electron chi connectivity index (χ4n) is 1.64. The van der Waals surface area contributed by atoms with Gasteiger partial charge in [0.05, 0.1) is 19.8 Å². The fourth-order valence-corrected chi connectivity index (χ4v) is 2.49. The number of ether oxygens (including phenoxy) is 2. The normalized spacial score (nSPS) is 11.3. The van der Waals surface area contributed by atoms with Crippen LogP contribution in [0.3, 0.4) is 0 Å². The van der Waals surface area contributed by atoms with E-state index in [2.05, 4.69) is 4.98 Å². The summed E-state index contributed by atoms with van der Waals surface area (Å²) in [6, 6.07) is 7.06. The molecular formula is C14H12F3NO2S. The molecule has 21 heavy (non-hydrogen) atoms. The summed E-state index contributed by atoms with van der Waals surface area (Å²) in [7, 11) is 3.01. The molecule has 1 aromatic heterocycles. The number of aromatic nitrogens is 1. The second-order valence-electron chi connectivity index (χ2n) is 4.00. The van der Waals surface area contributed by atoms with Crippen LogP contribution in [0.1, 0.15) is 5.56 Å². The van der Waals surface area contributed by atoms with Crippen molar-refractivity contribution >= 4 is 11.8 Å². The number of methoxy groups -OCH3 is 2. The zero-order chi connectivity index (χ0) is 15.5. The van der Waals surface area contributed by atoms with Crippen LogP contribution in [0.5, 0.6) is 11.5 Å². The van der Waals surface area contributed by atoms with E-state index < -0.39 is 11.7 Å². The van der Waals surface area contributed by atoms with Crippen molar-refractivity contribution in [1.82, 2.24) is 4.98 Å². The molecular weight excluding hydrogens is 303 g/mol. The first-order valence-electron chi connectivity index (χ1n) is 5.87. The summed E-state index contributed by atoms with van der Waals surface area (Å²) in [4.78, 5) is 4.65. The lowest BCUT2D eigenvalue weighted by Gasteiger charge is -2.10. The molecule has 2 rings (SSSR count). The molecule has 0 aliphatic heterocycles. The molecule has 0 unspecified atom stereocenters. The summed E-state index contributed by atoms with van der Waals surface area (Å²) in [5, 5.41) is 0.261. The van der Waals surface area contributed by atoms with Crippen molar-refractivity contribution in [3.63, 3.8) is 0 Å². The van der Waals surface area contributed by atoms with Gasteiger partial charge in [-0.15, -0.1) is 0 Å². The van der Waals surface area contributed by atoms with Crippen molar-refractivity contribution < 1.29 is 22.6 Å². The lowest BCUT2D eigenvalue weighted by Crippen LogP contribution is -2.04. The Balaban J connectivity index is 2.26. The minimum atomic E-state index is -4.38. The van der Waals surface area contributed by atoms with Crippen molar-refractivity contribution in [3.8, 4) is 11.5 Å². The number of hydrogen-bond donors (Lipinski definition) is 0. The summed E-state index contributed by atoms with van der Waals surface area (Å²) in [5.41, 5.74) is -0.722. The minimum absolute atomic E-state index is 0.261. The van der Waals surface area contributed by atoms with Crippen molar-refractivity contribution in [1.29, 1.82) is 0 Å². The van der Waals surface area contributed by atoms with Crippen molar-refractivity contribution in [2.75, 3.05) is 14.2 Å². The van der Waals surface area contributed by atoms with Crippen LogP contribution in [0.2, 0.25) is 0 Å². The van der Waals surface area contributed by atoms with Gasteiger partial charge in [-0.1, -0.05) is 11.8 Å². The molecule has 0 amide bonds. The van der Waals surface area contributed by atoms with E-state index in [1.807, 2.05) is 0 Å². The molecule has 0 saturated heterocycles. The van der Waals surface area contributed by atoms with Crippen molar-refractivity contribution in [3.05, 3.63) is 42.1 Å². The number of nitrogens with zero attached hydrogens (tertiary/aromatic N) is 1. The van der Waals surface area contributed by atoms with Crippen LogP contribution in [0.25, 0.3) is 0 Å². The smallest absolute Gasteiger partial charge is 0.416 e. The van der Waals surface area contributed by atoms with E-state index in [9.17, 15) is 13.2 Å². The standard InChI is InChI=1S/C14H12F3NO2S/c1-19-11-4-3-10(8-12(11)20-2)21-13-7-9(5-6-18-13)14(15,16)17/h3-8H,1-2H3. The Kier molecular flexibility index (Phi) is 4.62. The molecule has 0 bridgehead atoms. The molecule has 0 atom stereocenters. The van der Waals surface area contributed by atoms with Gasteiger partial charge in [0.25, 0.3) is 0 Å². The molecule has 1 heterocycles. The predicted octanol–water partition coefficient (Wildman–Crippen LogP) is 4.27. The third-order valence-corrected chi connectivity index (χ3v) is 3.56. The average Bonchev–Trinajstić information content (AvgIpc) is 2.46. The van der Waals surface area contributed by atoms with Gasteiger partial charge in [0.1, 0.15) is 5.03 Å². The summed E-state index contributed by atoms with van der Waals surface area (Å²) < 4.78 is 48.2. The molecule has 7 heteroatoms. The second-order valence-corrected chi connectivity index (χ2v) is 5.09. The van der Waals surface area contributed by atoms with Gasteiger partial charge < -0.3 is 9.47 Å². The quantitative estimate of drug-likeness (QED) is 0.843. The maximum absolute atomic E-state index is 12.7. The molecule has 0 radical (unpaired) electrons. The van der Waals surface area contributed by atoms with Gasteiger partial charge in [-0.3, -0.25) is 0 Å².